The maximum absolute atomic E-state index is 10.0. The second-order valence-corrected chi connectivity index (χ2v) is 1.83. The van der Waals surface area contributed by atoms with Crippen molar-refractivity contribution in [3.8, 4) is 0 Å². The summed E-state index contributed by atoms with van der Waals surface area (Å²) in [6.45, 7) is 0.997. The molecule has 0 unspecified atom stereocenters. The highest BCUT2D eigenvalue weighted by atomic mass is 32.1. The number of carbonyl (C=O) groups is 1. The third-order valence-corrected chi connectivity index (χ3v) is 0.847. The van der Waals surface area contributed by atoms with Crippen LogP contribution in [-0.2, 0) is 9.47 Å². The van der Waals surface area contributed by atoms with Crippen LogP contribution in [0.25, 0.3) is 0 Å². The summed E-state index contributed by atoms with van der Waals surface area (Å²) in [5.41, 5.74) is 0. The quantitative estimate of drug-likeness (QED) is 0.370. The van der Waals surface area contributed by atoms with Crippen molar-refractivity contribution in [3.05, 3.63) is 0 Å². The molecule has 0 aromatic rings. The van der Waals surface area contributed by atoms with Gasteiger partial charge in [-0.3, -0.25) is 0 Å². The fourth-order valence-corrected chi connectivity index (χ4v) is 0.454. The molecule has 0 bridgehead atoms. The Morgan fingerprint density at radius 3 is 2.67 bits per heavy atom. The lowest BCUT2D eigenvalue weighted by molar-refractivity contribution is 0.143. The topological polar surface area (TPSA) is 35.5 Å². The second-order valence-electron chi connectivity index (χ2n) is 1.46. The average molecular weight is 150 g/mol. The number of hydrogen-bond donors (Lipinski definition) is 1. The largest absolute Gasteiger partial charge is 0.458 e. The molecule has 0 aromatic carbocycles. The van der Waals surface area contributed by atoms with E-state index in [-0.39, 0.29) is 0 Å². The van der Waals surface area contributed by atoms with Crippen LogP contribution in [0.1, 0.15) is 6.42 Å². The molecule has 4 heteroatoms. The van der Waals surface area contributed by atoms with E-state index in [0.717, 1.165) is 6.42 Å². The Hall–Kier alpha value is -0.220. The molecule has 0 saturated carbocycles. The molecule has 3 nitrogen and oxygen atoms in total. The molecule has 0 heterocycles. The summed E-state index contributed by atoms with van der Waals surface area (Å²) in [5, 5.41) is -0.536. The number of hydrogen-bond acceptors (Lipinski definition) is 3. The zero-order valence-electron chi connectivity index (χ0n) is 5.29. The number of methoxy groups -OCH3 is 1. The Morgan fingerprint density at radius 2 is 2.22 bits per heavy atom. The van der Waals surface area contributed by atoms with Gasteiger partial charge in [0.1, 0.15) is 0 Å². The van der Waals surface area contributed by atoms with E-state index in [2.05, 4.69) is 17.4 Å². The maximum Gasteiger partial charge on any atom is 0.364 e. The molecule has 0 N–H and O–H groups in total. The molecule has 0 aromatic heterocycles. The van der Waals surface area contributed by atoms with Gasteiger partial charge in [0, 0.05) is 20.1 Å². The molecule has 0 rings (SSSR count). The van der Waals surface area contributed by atoms with Crippen molar-refractivity contribution >= 4 is 17.9 Å². The van der Waals surface area contributed by atoms with Crippen molar-refractivity contribution in [2.75, 3.05) is 20.3 Å². The summed E-state index contributed by atoms with van der Waals surface area (Å²) in [6, 6.07) is 0. The first-order valence-electron chi connectivity index (χ1n) is 2.62. The molecule has 54 valence electrons. The lowest BCUT2D eigenvalue weighted by atomic mass is 10.5. The first-order chi connectivity index (χ1) is 4.27. The van der Waals surface area contributed by atoms with Crippen LogP contribution in [0.2, 0.25) is 0 Å². The predicted molar refractivity (Wildman–Crippen MR) is 36.8 cm³/mol. The number of carbonyl (C=O) groups excluding carboxylic acids is 1. The van der Waals surface area contributed by atoms with Gasteiger partial charge in [0.15, 0.2) is 0 Å². The van der Waals surface area contributed by atoms with E-state index in [4.69, 9.17) is 4.74 Å². The minimum Gasteiger partial charge on any atom is -0.458 e. The summed E-state index contributed by atoms with van der Waals surface area (Å²) in [5.74, 6) is 0. The summed E-state index contributed by atoms with van der Waals surface area (Å²) in [6.07, 6.45) is 0.725. The first-order valence-corrected chi connectivity index (χ1v) is 3.06. The minimum absolute atomic E-state index is 0.385. The van der Waals surface area contributed by atoms with Crippen LogP contribution in [0.15, 0.2) is 0 Å². The number of rotatable bonds is 4. The minimum atomic E-state index is -0.536. The average Bonchev–Trinajstić information content (AvgIpc) is 1.80. The summed E-state index contributed by atoms with van der Waals surface area (Å²) in [7, 11) is 1.60. The third-order valence-electron chi connectivity index (χ3n) is 0.718. The zero-order chi connectivity index (χ0) is 7.11. The lowest BCUT2D eigenvalue weighted by Crippen LogP contribution is -1.99. The zero-order valence-corrected chi connectivity index (χ0v) is 6.19. The first kappa shape index (κ1) is 8.78. The lowest BCUT2D eigenvalue weighted by Gasteiger charge is -1.98. The van der Waals surface area contributed by atoms with Gasteiger partial charge in [0.05, 0.1) is 6.61 Å². The second kappa shape index (κ2) is 5.91. The fraction of sp³-hybridized carbons (Fsp3) is 0.800. The van der Waals surface area contributed by atoms with Crippen molar-refractivity contribution in [1.82, 2.24) is 0 Å². The monoisotopic (exact) mass is 150 g/mol. The summed E-state index contributed by atoms with van der Waals surface area (Å²) < 4.78 is 9.20. The SMILES string of the molecule is COCCCOC(=O)S. The predicted octanol–water partition coefficient (Wildman–Crippen LogP) is 1.09. The van der Waals surface area contributed by atoms with Crippen molar-refractivity contribution < 1.29 is 14.3 Å². The van der Waals surface area contributed by atoms with E-state index in [1.165, 1.54) is 0 Å². The molecular formula is C5H10O3S. The Balaban J connectivity index is 2.83. The Labute approximate surface area is 59.7 Å². The molecular weight excluding hydrogens is 140 g/mol. The van der Waals surface area contributed by atoms with Gasteiger partial charge in [-0.2, -0.15) is 0 Å². The van der Waals surface area contributed by atoms with E-state index < -0.39 is 5.30 Å². The standard InChI is InChI=1S/C5H10O3S/c1-7-3-2-4-8-5(6)9/h2-4H2,1H3,(H,6,9). The molecule has 0 radical (unpaired) electrons. The van der Waals surface area contributed by atoms with E-state index in [9.17, 15) is 4.79 Å². The number of thiol groups is 1. The van der Waals surface area contributed by atoms with E-state index in [1.807, 2.05) is 0 Å². The fourth-order valence-electron chi connectivity index (χ4n) is 0.363. The van der Waals surface area contributed by atoms with E-state index in [0.29, 0.717) is 13.2 Å². The van der Waals surface area contributed by atoms with Crippen molar-refractivity contribution in [2.45, 2.75) is 6.42 Å². The number of ether oxygens (including phenoxy) is 2. The maximum atomic E-state index is 10.0. The molecule has 0 saturated heterocycles. The highest BCUT2D eigenvalue weighted by Crippen LogP contribution is 1.88. The molecule has 0 atom stereocenters. The smallest absolute Gasteiger partial charge is 0.364 e. The van der Waals surface area contributed by atoms with Crippen LogP contribution < -0.4 is 0 Å². The van der Waals surface area contributed by atoms with Crippen LogP contribution >= 0.6 is 12.6 Å². The van der Waals surface area contributed by atoms with Gasteiger partial charge in [-0.25, -0.2) is 4.79 Å². The summed E-state index contributed by atoms with van der Waals surface area (Å²) in [4.78, 5) is 10.0. The Bertz CT molecular complexity index is 84.3. The molecule has 0 aliphatic carbocycles. The van der Waals surface area contributed by atoms with Gasteiger partial charge in [-0.05, 0) is 0 Å². The third kappa shape index (κ3) is 7.78. The van der Waals surface area contributed by atoms with Gasteiger partial charge < -0.3 is 9.47 Å². The van der Waals surface area contributed by atoms with Crippen LogP contribution in [-0.4, -0.2) is 25.6 Å². The van der Waals surface area contributed by atoms with E-state index >= 15 is 0 Å². The van der Waals surface area contributed by atoms with Crippen molar-refractivity contribution in [3.63, 3.8) is 0 Å². The van der Waals surface area contributed by atoms with Gasteiger partial charge in [0.25, 0.3) is 0 Å². The highest BCUT2D eigenvalue weighted by molar-refractivity contribution is 7.96. The van der Waals surface area contributed by atoms with Gasteiger partial charge in [-0.1, -0.05) is 12.6 Å². The normalized spacial score (nSPS) is 9.11. The molecule has 0 fully saturated rings. The molecule has 9 heavy (non-hydrogen) atoms. The molecule has 0 amide bonds. The van der Waals surface area contributed by atoms with Gasteiger partial charge >= 0.3 is 5.30 Å². The Kier molecular flexibility index (Phi) is 5.76. The summed E-state index contributed by atoms with van der Waals surface area (Å²) >= 11 is 3.40. The van der Waals surface area contributed by atoms with Crippen LogP contribution in [0.4, 0.5) is 4.79 Å². The van der Waals surface area contributed by atoms with Gasteiger partial charge in [-0.15, -0.1) is 0 Å². The van der Waals surface area contributed by atoms with E-state index in [1.54, 1.807) is 7.11 Å². The van der Waals surface area contributed by atoms with Crippen LogP contribution in [0.5, 0.6) is 0 Å². The molecule has 0 aliphatic heterocycles. The van der Waals surface area contributed by atoms with Crippen molar-refractivity contribution in [2.24, 2.45) is 0 Å². The molecule has 0 spiro atoms. The molecule has 0 aliphatic rings. The highest BCUT2D eigenvalue weighted by Gasteiger charge is 1.91. The van der Waals surface area contributed by atoms with Crippen LogP contribution in [0, 0.1) is 0 Å². The Morgan fingerprint density at radius 1 is 1.56 bits per heavy atom. The van der Waals surface area contributed by atoms with Crippen molar-refractivity contribution in [1.29, 1.82) is 0 Å². The van der Waals surface area contributed by atoms with Crippen LogP contribution in [0.3, 0.4) is 0 Å². The van der Waals surface area contributed by atoms with Gasteiger partial charge in [0.2, 0.25) is 0 Å².